The molecule has 0 bridgehead atoms. The Hall–Kier alpha value is 1.06. The summed E-state index contributed by atoms with van der Waals surface area (Å²) in [5.41, 5.74) is 0.180. The monoisotopic (exact) mass is 240 g/mol. The maximum Gasteiger partial charge on any atom is 0.144 e. The van der Waals surface area contributed by atoms with Crippen LogP contribution >= 0.6 is 48.8 Å². The summed E-state index contributed by atoms with van der Waals surface area (Å²) in [6.07, 6.45) is 0. The molecule has 0 saturated carbocycles. The molecule has 1 saturated heterocycles. The van der Waals surface area contributed by atoms with Gasteiger partial charge in [0.2, 0.25) is 0 Å². The van der Waals surface area contributed by atoms with Crippen LogP contribution in [-0.4, -0.2) is 24.1 Å². The third-order valence-corrected chi connectivity index (χ3v) is 5.45. The molecule has 2 atom stereocenters. The first kappa shape index (κ1) is 9.61. The molecule has 68 valence electrons. The van der Waals surface area contributed by atoms with E-state index in [0.717, 1.165) is 8.47 Å². The molecule has 2 heterocycles. The van der Waals surface area contributed by atoms with Crippen molar-refractivity contribution < 1.29 is 9.47 Å². The number of ether oxygens (including phenoxy) is 2. The first-order chi connectivity index (χ1) is 5.77. The van der Waals surface area contributed by atoms with Gasteiger partial charge in [-0.1, -0.05) is 23.5 Å². The first-order valence-electron chi connectivity index (χ1n) is 3.46. The molecule has 12 heavy (non-hydrogen) atoms. The van der Waals surface area contributed by atoms with Gasteiger partial charge in [-0.15, -0.1) is 25.3 Å². The molecule has 1 fully saturated rings. The molecule has 0 aromatic heterocycles. The summed E-state index contributed by atoms with van der Waals surface area (Å²) in [6.45, 7) is 1.36. The lowest BCUT2D eigenvalue weighted by Crippen LogP contribution is -2.35. The molecule has 0 radical (unpaired) electrons. The van der Waals surface area contributed by atoms with Gasteiger partial charge in [-0.2, -0.15) is 0 Å². The van der Waals surface area contributed by atoms with E-state index in [1.165, 1.54) is 0 Å². The number of fused-ring (bicyclic) bond motifs is 1. The van der Waals surface area contributed by atoms with Gasteiger partial charge in [-0.05, 0) is 0 Å². The molecule has 6 heteroatoms. The summed E-state index contributed by atoms with van der Waals surface area (Å²) >= 11 is 11.7. The van der Waals surface area contributed by atoms with Gasteiger partial charge in [-0.25, -0.2) is 0 Å². The maximum absolute atomic E-state index is 5.50. The number of thioether (sulfide) groups is 2. The molecule has 2 nitrogen and oxygen atoms in total. The number of hydrogen-bond acceptors (Lipinski definition) is 6. The van der Waals surface area contributed by atoms with E-state index in [1.54, 1.807) is 23.5 Å². The Kier molecular flexibility index (Phi) is 3.25. The Labute approximate surface area is 90.6 Å². The Morgan fingerprint density at radius 2 is 1.42 bits per heavy atom. The van der Waals surface area contributed by atoms with Crippen molar-refractivity contribution in [1.29, 1.82) is 0 Å². The van der Waals surface area contributed by atoms with Crippen LogP contribution in [0.3, 0.4) is 0 Å². The van der Waals surface area contributed by atoms with Gasteiger partial charge in [-0.3, -0.25) is 0 Å². The third kappa shape index (κ3) is 1.93. The fourth-order valence-electron chi connectivity index (χ4n) is 0.986. The van der Waals surface area contributed by atoms with Crippen LogP contribution in [0.15, 0.2) is 8.47 Å². The molecule has 0 aliphatic carbocycles. The highest BCUT2D eigenvalue weighted by Gasteiger charge is 2.33. The van der Waals surface area contributed by atoms with Gasteiger partial charge in [0, 0.05) is 0 Å². The zero-order valence-corrected chi connectivity index (χ0v) is 9.52. The van der Waals surface area contributed by atoms with E-state index < -0.39 is 0 Å². The van der Waals surface area contributed by atoms with E-state index in [4.69, 9.17) is 9.47 Å². The van der Waals surface area contributed by atoms with Gasteiger partial charge in [0.1, 0.15) is 10.9 Å². The highest BCUT2D eigenvalue weighted by atomic mass is 32.2. The van der Waals surface area contributed by atoms with Crippen molar-refractivity contribution in [3.63, 3.8) is 0 Å². The van der Waals surface area contributed by atoms with Gasteiger partial charge in [0.15, 0.2) is 0 Å². The zero-order valence-electron chi connectivity index (χ0n) is 6.10. The van der Waals surface area contributed by atoms with Gasteiger partial charge in [0.25, 0.3) is 0 Å². The SMILES string of the molecule is SC1=C(S)SC2OCCOC2S1. The lowest BCUT2D eigenvalue weighted by atomic mass is 10.6. The predicted octanol–water partition coefficient (Wildman–Crippen LogP) is 2.15. The number of thiol groups is 2. The predicted molar refractivity (Wildman–Crippen MR) is 59.7 cm³/mol. The molecule has 2 aliphatic heterocycles. The van der Waals surface area contributed by atoms with Crippen LogP contribution in [0, 0.1) is 0 Å². The minimum absolute atomic E-state index is 0.0900. The normalized spacial score (nSPS) is 36.5. The highest BCUT2D eigenvalue weighted by Crippen LogP contribution is 2.47. The Balaban J connectivity index is 2.10. The van der Waals surface area contributed by atoms with Crippen LogP contribution in [0.25, 0.3) is 0 Å². The Morgan fingerprint density at radius 3 is 1.83 bits per heavy atom. The Bertz CT molecular complexity index is 196. The van der Waals surface area contributed by atoms with Crippen molar-refractivity contribution in [1.82, 2.24) is 0 Å². The van der Waals surface area contributed by atoms with Crippen LogP contribution < -0.4 is 0 Å². The van der Waals surface area contributed by atoms with Crippen LogP contribution in [0.1, 0.15) is 0 Å². The van der Waals surface area contributed by atoms with Crippen molar-refractivity contribution in [3.05, 3.63) is 8.47 Å². The fraction of sp³-hybridized carbons (Fsp3) is 0.667. The van der Waals surface area contributed by atoms with Crippen molar-refractivity contribution >= 4 is 48.8 Å². The Morgan fingerprint density at radius 1 is 1.00 bits per heavy atom. The van der Waals surface area contributed by atoms with Crippen molar-refractivity contribution in [2.75, 3.05) is 13.2 Å². The second-order valence-electron chi connectivity index (χ2n) is 2.32. The molecule has 2 unspecified atom stereocenters. The summed E-state index contributed by atoms with van der Waals surface area (Å²) in [4.78, 5) is 0. The zero-order chi connectivity index (χ0) is 8.55. The molecule has 0 aromatic rings. The number of hydrogen-bond donors (Lipinski definition) is 2. The van der Waals surface area contributed by atoms with E-state index in [-0.39, 0.29) is 10.9 Å². The lowest BCUT2D eigenvalue weighted by Gasteiger charge is -2.34. The summed E-state index contributed by atoms with van der Waals surface area (Å²) in [5.74, 6) is 0. The standard InChI is InChI=1S/C6H8O2S4/c9-5-6(10)12-4-3(11-5)7-1-2-8-4/h3-4,9-10H,1-2H2. The molecule has 2 aliphatic rings. The topological polar surface area (TPSA) is 18.5 Å². The second kappa shape index (κ2) is 4.06. The lowest BCUT2D eigenvalue weighted by molar-refractivity contribution is -0.0659. The molecule has 0 amide bonds. The van der Waals surface area contributed by atoms with Crippen LogP contribution in [-0.2, 0) is 9.47 Å². The summed E-state index contributed by atoms with van der Waals surface area (Å²) in [7, 11) is 0. The van der Waals surface area contributed by atoms with E-state index >= 15 is 0 Å². The van der Waals surface area contributed by atoms with Crippen LogP contribution in [0.2, 0.25) is 0 Å². The van der Waals surface area contributed by atoms with Crippen LogP contribution in [0.4, 0.5) is 0 Å². The second-order valence-corrected chi connectivity index (χ2v) is 6.04. The maximum atomic E-state index is 5.50. The molecular weight excluding hydrogens is 232 g/mol. The summed E-state index contributed by atoms with van der Waals surface area (Å²) in [5, 5.41) is 0. The number of rotatable bonds is 0. The van der Waals surface area contributed by atoms with Gasteiger partial charge in [0.05, 0.1) is 21.7 Å². The minimum atomic E-state index is 0.0900. The van der Waals surface area contributed by atoms with Gasteiger partial charge >= 0.3 is 0 Å². The van der Waals surface area contributed by atoms with E-state index in [0.29, 0.717) is 13.2 Å². The first-order valence-corrected chi connectivity index (χ1v) is 6.11. The summed E-state index contributed by atoms with van der Waals surface area (Å²) < 4.78 is 12.9. The minimum Gasteiger partial charge on any atom is -0.361 e. The van der Waals surface area contributed by atoms with Crippen molar-refractivity contribution in [2.45, 2.75) is 10.9 Å². The molecular formula is C6H8O2S4. The third-order valence-electron chi connectivity index (χ3n) is 1.51. The largest absolute Gasteiger partial charge is 0.361 e. The molecule has 0 aromatic carbocycles. The molecule has 2 rings (SSSR count). The van der Waals surface area contributed by atoms with E-state index in [9.17, 15) is 0 Å². The summed E-state index contributed by atoms with van der Waals surface area (Å²) in [6, 6.07) is 0. The van der Waals surface area contributed by atoms with Crippen molar-refractivity contribution in [2.24, 2.45) is 0 Å². The quantitative estimate of drug-likeness (QED) is 0.632. The highest BCUT2D eigenvalue weighted by molar-refractivity contribution is 8.23. The van der Waals surface area contributed by atoms with Gasteiger partial charge < -0.3 is 9.47 Å². The fourth-order valence-corrected chi connectivity index (χ4v) is 3.90. The van der Waals surface area contributed by atoms with Crippen molar-refractivity contribution in [3.8, 4) is 0 Å². The average molecular weight is 240 g/mol. The average Bonchev–Trinajstić information content (AvgIpc) is 2.07. The van der Waals surface area contributed by atoms with Crippen LogP contribution in [0.5, 0.6) is 0 Å². The van der Waals surface area contributed by atoms with E-state index in [1.807, 2.05) is 0 Å². The molecule has 0 spiro atoms. The van der Waals surface area contributed by atoms with E-state index in [2.05, 4.69) is 25.3 Å². The molecule has 0 N–H and O–H groups in total. The smallest absolute Gasteiger partial charge is 0.144 e.